The summed E-state index contributed by atoms with van der Waals surface area (Å²) in [5.74, 6) is 1.70. The maximum Gasteiger partial charge on any atom is 0.246 e. The number of hydrogen-bond donors (Lipinski definition) is 1. The van der Waals surface area contributed by atoms with Crippen molar-refractivity contribution in [1.82, 2.24) is 20.4 Å². The largest absolute Gasteiger partial charge is 0.377 e. The molecule has 1 N–H and O–H groups in total. The zero-order valence-electron chi connectivity index (χ0n) is 13.6. The third-order valence-electron chi connectivity index (χ3n) is 3.96. The zero-order valence-corrected chi connectivity index (χ0v) is 13.6. The molecule has 2 aromatic rings. The Hall–Kier alpha value is -2.48. The van der Waals surface area contributed by atoms with Crippen molar-refractivity contribution >= 4 is 11.7 Å². The van der Waals surface area contributed by atoms with Crippen molar-refractivity contribution in [2.24, 2.45) is 5.92 Å². The molecule has 1 atom stereocenters. The van der Waals surface area contributed by atoms with Gasteiger partial charge in [-0.05, 0) is 25.0 Å². The Morgan fingerprint density at radius 2 is 2.42 bits per heavy atom. The van der Waals surface area contributed by atoms with Gasteiger partial charge >= 0.3 is 0 Å². The summed E-state index contributed by atoms with van der Waals surface area (Å²) in [5, 5.41) is 6.64. The minimum absolute atomic E-state index is 0.00197. The topological polar surface area (TPSA) is 93.4 Å². The first kappa shape index (κ1) is 16.4. The molecule has 2 aromatic heterocycles. The highest BCUT2D eigenvalue weighted by atomic mass is 16.5. The Kier molecular flexibility index (Phi) is 5.37. The fourth-order valence-electron chi connectivity index (χ4n) is 2.80. The zero-order chi connectivity index (χ0) is 16.8. The Labute approximate surface area is 140 Å². The molecule has 3 heterocycles. The van der Waals surface area contributed by atoms with Gasteiger partial charge in [-0.2, -0.15) is 4.98 Å². The second kappa shape index (κ2) is 7.87. The van der Waals surface area contributed by atoms with E-state index in [0.29, 0.717) is 24.9 Å². The van der Waals surface area contributed by atoms with E-state index in [2.05, 4.69) is 25.3 Å². The van der Waals surface area contributed by atoms with Crippen LogP contribution in [0.2, 0.25) is 0 Å². The van der Waals surface area contributed by atoms with Crippen molar-refractivity contribution in [2.75, 3.05) is 25.1 Å². The van der Waals surface area contributed by atoms with Gasteiger partial charge in [0.2, 0.25) is 11.8 Å². The van der Waals surface area contributed by atoms with Gasteiger partial charge in [0.1, 0.15) is 12.4 Å². The van der Waals surface area contributed by atoms with Crippen LogP contribution in [0.5, 0.6) is 0 Å². The summed E-state index contributed by atoms with van der Waals surface area (Å²) in [6, 6.07) is 5.81. The smallest absolute Gasteiger partial charge is 0.246 e. The maximum absolute atomic E-state index is 12.4. The van der Waals surface area contributed by atoms with Crippen molar-refractivity contribution in [2.45, 2.75) is 26.0 Å². The van der Waals surface area contributed by atoms with Crippen LogP contribution in [0.4, 0.5) is 5.82 Å². The molecule has 8 nitrogen and oxygen atoms in total. The highest BCUT2D eigenvalue weighted by Gasteiger charge is 2.26. The van der Waals surface area contributed by atoms with Crippen molar-refractivity contribution in [1.29, 1.82) is 0 Å². The number of aromatic nitrogens is 3. The molecule has 1 aliphatic rings. The van der Waals surface area contributed by atoms with Gasteiger partial charge in [-0.25, -0.2) is 4.98 Å². The number of piperidine rings is 1. The van der Waals surface area contributed by atoms with E-state index in [4.69, 9.17) is 9.26 Å². The Bertz CT molecular complexity index is 661. The Morgan fingerprint density at radius 3 is 3.21 bits per heavy atom. The molecule has 0 radical (unpaired) electrons. The summed E-state index contributed by atoms with van der Waals surface area (Å²) in [6.45, 7) is 2.11. The van der Waals surface area contributed by atoms with Crippen LogP contribution in [-0.4, -0.2) is 41.2 Å². The molecule has 24 heavy (non-hydrogen) atoms. The number of nitrogens with zero attached hydrogens (tertiary/aromatic N) is 4. The molecule has 0 saturated carbocycles. The first-order valence-electron chi connectivity index (χ1n) is 8.00. The van der Waals surface area contributed by atoms with Crippen LogP contribution in [0.3, 0.4) is 0 Å². The van der Waals surface area contributed by atoms with E-state index in [9.17, 15) is 4.79 Å². The molecule has 1 saturated heterocycles. The minimum atomic E-state index is -0.0675. The summed E-state index contributed by atoms with van der Waals surface area (Å²) >= 11 is 0. The molecular weight excluding hydrogens is 310 g/mol. The van der Waals surface area contributed by atoms with Gasteiger partial charge in [0, 0.05) is 26.4 Å². The van der Waals surface area contributed by atoms with Gasteiger partial charge in [0.15, 0.2) is 5.82 Å². The molecule has 0 aliphatic carbocycles. The number of carbonyl (C=O) groups excluding carboxylic acids is 1. The quantitative estimate of drug-likeness (QED) is 0.848. The van der Waals surface area contributed by atoms with Gasteiger partial charge in [0.25, 0.3) is 0 Å². The van der Waals surface area contributed by atoms with Crippen molar-refractivity contribution in [3.8, 4) is 0 Å². The lowest BCUT2D eigenvalue weighted by molar-refractivity contribution is -0.125. The summed E-state index contributed by atoms with van der Waals surface area (Å²) in [4.78, 5) is 23.1. The second-order valence-electron chi connectivity index (χ2n) is 5.73. The van der Waals surface area contributed by atoms with E-state index in [-0.39, 0.29) is 18.4 Å². The number of ether oxygens (including phenoxy) is 1. The van der Waals surface area contributed by atoms with Gasteiger partial charge < -0.3 is 19.5 Å². The number of pyridine rings is 1. The first-order chi connectivity index (χ1) is 11.8. The maximum atomic E-state index is 12.4. The van der Waals surface area contributed by atoms with E-state index in [1.54, 1.807) is 13.3 Å². The third kappa shape index (κ3) is 4.08. The van der Waals surface area contributed by atoms with Gasteiger partial charge in [-0.15, -0.1) is 0 Å². The monoisotopic (exact) mass is 331 g/mol. The number of nitrogens with one attached hydrogen (secondary N) is 1. The van der Waals surface area contributed by atoms with Crippen molar-refractivity contribution < 1.29 is 14.1 Å². The molecule has 3 rings (SSSR count). The summed E-state index contributed by atoms with van der Waals surface area (Å²) in [5.41, 5.74) is 0. The second-order valence-corrected chi connectivity index (χ2v) is 5.73. The Balaban J connectivity index is 1.52. The van der Waals surface area contributed by atoms with E-state index >= 15 is 0 Å². The molecule has 0 unspecified atom stereocenters. The molecule has 128 valence electrons. The molecule has 0 aromatic carbocycles. The number of rotatable bonds is 6. The number of hydrogen-bond acceptors (Lipinski definition) is 7. The minimum Gasteiger partial charge on any atom is -0.377 e. The van der Waals surface area contributed by atoms with Crippen LogP contribution < -0.4 is 10.2 Å². The first-order valence-corrected chi connectivity index (χ1v) is 8.00. The summed E-state index contributed by atoms with van der Waals surface area (Å²) in [6.07, 6.45) is 3.60. The van der Waals surface area contributed by atoms with E-state index in [1.165, 1.54) is 0 Å². The summed E-state index contributed by atoms with van der Waals surface area (Å²) in [7, 11) is 1.56. The van der Waals surface area contributed by atoms with Gasteiger partial charge in [0.05, 0.1) is 12.5 Å². The highest BCUT2D eigenvalue weighted by molar-refractivity contribution is 5.79. The number of methoxy groups -OCH3 is 1. The van der Waals surface area contributed by atoms with Crippen LogP contribution >= 0.6 is 0 Å². The van der Waals surface area contributed by atoms with Gasteiger partial charge in [-0.1, -0.05) is 11.2 Å². The average molecular weight is 331 g/mol. The van der Waals surface area contributed by atoms with E-state index in [0.717, 1.165) is 25.2 Å². The standard InChI is InChI=1S/C16H21N5O3/c1-23-11-13-19-15(24-20-13)9-18-16(22)12-5-4-8-21(10-12)14-6-2-3-7-17-14/h2-3,6-7,12H,4-5,8-11H2,1H3,(H,18,22)/t12-/m1/s1. The summed E-state index contributed by atoms with van der Waals surface area (Å²) < 4.78 is 10.0. The van der Waals surface area contributed by atoms with Crippen molar-refractivity contribution in [3.63, 3.8) is 0 Å². The lowest BCUT2D eigenvalue weighted by Crippen LogP contribution is -2.43. The third-order valence-corrected chi connectivity index (χ3v) is 3.96. The molecule has 8 heteroatoms. The predicted molar refractivity (Wildman–Crippen MR) is 86.0 cm³/mol. The normalized spacial score (nSPS) is 17.7. The number of amides is 1. The van der Waals surface area contributed by atoms with Crippen LogP contribution in [0.1, 0.15) is 24.6 Å². The molecular formula is C16H21N5O3. The lowest BCUT2D eigenvalue weighted by Gasteiger charge is -2.32. The highest BCUT2D eigenvalue weighted by Crippen LogP contribution is 2.21. The molecule has 1 amide bonds. The van der Waals surface area contributed by atoms with E-state index < -0.39 is 0 Å². The van der Waals surface area contributed by atoms with E-state index in [1.807, 2.05) is 18.2 Å². The molecule has 0 bridgehead atoms. The van der Waals surface area contributed by atoms with Crippen LogP contribution in [0.25, 0.3) is 0 Å². The molecule has 1 fully saturated rings. The predicted octanol–water partition coefficient (Wildman–Crippen LogP) is 1.14. The lowest BCUT2D eigenvalue weighted by atomic mass is 9.97. The number of carbonyl (C=O) groups is 1. The van der Waals surface area contributed by atoms with Crippen LogP contribution in [-0.2, 0) is 22.7 Å². The molecule has 0 spiro atoms. The SMILES string of the molecule is COCc1noc(CNC(=O)[C@@H]2CCCN(c3ccccn3)C2)n1. The van der Waals surface area contributed by atoms with Crippen LogP contribution in [0, 0.1) is 5.92 Å². The van der Waals surface area contributed by atoms with Crippen molar-refractivity contribution in [3.05, 3.63) is 36.1 Å². The Morgan fingerprint density at radius 1 is 1.50 bits per heavy atom. The molecule has 1 aliphatic heterocycles. The fraction of sp³-hybridized carbons (Fsp3) is 0.500. The van der Waals surface area contributed by atoms with Crippen LogP contribution in [0.15, 0.2) is 28.9 Å². The van der Waals surface area contributed by atoms with Gasteiger partial charge in [-0.3, -0.25) is 4.79 Å². The fourth-order valence-corrected chi connectivity index (χ4v) is 2.80. The number of anilines is 1. The average Bonchev–Trinajstić information content (AvgIpc) is 3.08.